The van der Waals surface area contributed by atoms with Crippen molar-refractivity contribution in [2.75, 3.05) is 4.66 Å². The van der Waals surface area contributed by atoms with Crippen LogP contribution in [0, 0.1) is 23.7 Å². The van der Waals surface area contributed by atoms with Crippen molar-refractivity contribution in [2.24, 2.45) is 23.7 Å². The molecule has 2 nitrogen and oxygen atoms in total. The van der Waals surface area contributed by atoms with E-state index >= 15 is 0 Å². The smallest absolute Gasteiger partial charge is 0.163 e. The molecule has 4 bridgehead atoms. The molecule has 0 aromatic carbocycles. The molecular formula is C8H10Br2O2S. The lowest BCUT2D eigenvalue weighted by Gasteiger charge is -2.15. The van der Waals surface area contributed by atoms with Crippen molar-refractivity contribution in [2.45, 2.75) is 16.5 Å². The summed E-state index contributed by atoms with van der Waals surface area (Å²) in [6, 6.07) is 0. The third kappa shape index (κ3) is 0.965. The summed E-state index contributed by atoms with van der Waals surface area (Å²) in [5, 5.41) is -0.0359. The Bertz CT molecular complexity index is 353. The lowest BCUT2D eigenvalue weighted by molar-refractivity contribution is 0.552. The van der Waals surface area contributed by atoms with Crippen molar-refractivity contribution in [3.8, 4) is 0 Å². The molecule has 4 aliphatic rings. The molecule has 0 spiro atoms. The zero-order valence-electron chi connectivity index (χ0n) is 6.86. The fourth-order valence-electron chi connectivity index (χ4n) is 3.56. The van der Waals surface area contributed by atoms with Gasteiger partial charge < -0.3 is 0 Å². The molecule has 13 heavy (non-hydrogen) atoms. The molecule has 0 saturated heterocycles. The summed E-state index contributed by atoms with van der Waals surface area (Å²) in [4.78, 5) is 0.487. The van der Waals surface area contributed by atoms with Crippen LogP contribution in [0.4, 0.5) is 0 Å². The average molecular weight is 330 g/mol. The van der Waals surface area contributed by atoms with E-state index in [0.29, 0.717) is 22.6 Å². The van der Waals surface area contributed by atoms with Gasteiger partial charge in [-0.1, -0.05) is 31.9 Å². The lowest BCUT2D eigenvalue weighted by Crippen LogP contribution is -2.27. The first-order valence-corrected chi connectivity index (χ1v) is 8.25. The molecule has 4 unspecified atom stereocenters. The van der Waals surface area contributed by atoms with Crippen LogP contribution in [0.25, 0.3) is 0 Å². The third-order valence-corrected chi connectivity index (χ3v) is 8.98. The minimum atomic E-state index is -2.86. The topological polar surface area (TPSA) is 34.1 Å². The monoisotopic (exact) mass is 328 g/mol. The van der Waals surface area contributed by atoms with Gasteiger partial charge in [0.1, 0.15) is 4.66 Å². The van der Waals surface area contributed by atoms with Crippen LogP contribution in [0.1, 0.15) is 6.42 Å². The van der Waals surface area contributed by atoms with Gasteiger partial charge in [0.15, 0.2) is 9.84 Å². The number of alkyl halides is 2. The van der Waals surface area contributed by atoms with E-state index in [-0.39, 0.29) is 9.91 Å². The van der Waals surface area contributed by atoms with Gasteiger partial charge in [-0.25, -0.2) is 8.42 Å². The number of sulfone groups is 1. The highest BCUT2D eigenvalue weighted by Gasteiger charge is 2.75. The van der Waals surface area contributed by atoms with Crippen LogP contribution >= 0.6 is 31.9 Å². The van der Waals surface area contributed by atoms with E-state index in [1.165, 1.54) is 0 Å². The molecular weight excluding hydrogens is 320 g/mol. The van der Waals surface area contributed by atoms with Crippen LogP contribution in [0.15, 0.2) is 0 Å². The summed E-state index contributed by atoms with van der Waals surface area (Å²) in [5.41, 5.74) is 0. The van der Waals surface area contributed by atoms with Gasteiger partial charge in [-0.15, -0.1) is 0 Å². The van der Waals surface area contributed by atoms with Gasteiger partial charge in [0.05, 0.1) is 5.25 Å². The Hall–Kier alpha value is 0.910. The van der Waals surface area contributed by atoms with E-state index in [9.17, 15) is 8.42 Å². The minimum absolute atomic E-state index is 0.0359. The van der Waals surface area contributed by atoms with E-state index < -0.39 is 9.84 Å². The second-order valence-corrected chi connectivity index (χ2v) is 8.92. The second-order valence-electron chi connectivity index (χ2n) is 4.40. The van der Waals surface area contributed by atoms with Crippen molar-refractivity contribution >= 4 is 41.7 Å². The largest absolute Gasteiger partial charge is 0.228 e. The maximum atomic E-state index is 11.8. The maximum absolute atomic E-state index is 11.8. The Morgan fingerprint density at radius 3 is 2.23 bits per heavy atom. The quantitative estimate of drug-likeness (QED) is 0.724. The zero-order chi connectivity index (χ0) is 9.38. The number of hydrogen-bond acceptors (Lipinski definition) is 2. The molecule has 4 fully saturated rings. The molecule has 74 valence electrons. The van der Waals surface area contributed by atoms with Crippen LogP contribution in [0.5, 0.6) is 0 Å². The zero-order valence-corrected chi connectivity index (χ0v) is 10.8. The molecule has 6 atom stereocenters. The van der Waals surface area contributed by atoms with Crippen LogP contribution < -0.4 is 0 Å². The Morgan fingerprint density at radius 2 is 1.92 bits per heavy atom. The van der Waals surface area contributed by atoms with Crippen LogP contribution in [-0.4, -0.2) is 23.2 Å². The van der Waals surface area contributed by atoms with Crippen molar-refractivity contribution in [3.63, 3.8) is 0 Å². The molecule has 0 aromatic heterocycles. The van der Waals surface area contributed by atoms with Gasteiger partial charge in [-0.3, -0.25) is 0 Å². The van der Waals surface area contributed by atoms with Crippen molar-refractivity contribution in [1.82, 2.24) is 0 Å². The standard InChI is InChI=1S/C8H10Br2O2S/c9-2-13(11,12)8-4-1-3-5(6(3)8)7(4)10/h3-8H,1-2H2/t3-,4+,5?,6?,7?,8?/m1/s1. The molecule has 0 radical (unpaired) electrons. The Kier molecular flexibility index (Phi) is 1.78. The summed E-state index contributed by atoms with van der Waals surface area (Å²) in [6.45, 7) is 0. The second kappa shape index (κ2) is 2.53. The fraction of sp³-hybridized carbons (Fsp3) is 1.00. The van der Waals surface area contributed by atoms with Crippen LogP contribution in [-0.2, 0) is 9.84 Å². The highest BCUT2D eigenvalue weighted by molar-refractivity contribution is 9.10. The maximum Gasteiger partial charge on any atom is 0.163 e. The van der Waals surface area contributed by atoms with Crippen molar-refractivity contribution in [3.05, 3.63) is 0 Å². The van der Waals surface area contributed by atoms with E-state index in [1.807, 2.05) is 0 Å². The molecule has 0 aliphatic heterocycles. The number of rotatable bonds is 2. The minimum Gasteiger partial charge on any atom is -0.228 e. The van der Waals surface area contributed by atoms with Crippen LogP contribution in [0.2, 0.25) is 0 Å². The third-order valence-electron chi connectivity index (χ3n) is 3.98. The highest BCUT2D eigenvalue weighted by Crippen LogP contribution is 2.73. The summed E-state index contributed by atoms with van der Waals surface area (Å²) >= 11 is 6.72. The lowest BCUT2D eigenvalue weighted by atomic mass is 10.1. The molecule has 0 N–H and O–H groups in total. The summed E-state index contributed by atoms with van der Waals surface area (Å²) in [7, 11) is -2.86. The predicted molar refractivity (Wildman–Crippen MR) is 57.8 cm³/mol. The van der Waals surface area contributed by atoms with Gasteiger partial charge in [0.2, 0.25) is 0 Å². The van der Waals surface area contributed by atoms with Crippen molar-refractivity contribution in [1.29, 1.82) is 0 Å². The van der Waals surface area contributed by atoms with Gasteiger partial charge >= 0.3 is 0 Å². The normalized spacial score (nSPS) is 57.1. The van der Waals surface area contributed by atoms with E-state index in [4.69, 9.17) is 0 Å². The molecule has 5 heteroatoms. The molecule has 4 aliphatic carbocycles. The Balaban J connectivity index is 1.98. The SMILES string of the molecule is O=S(=O)(CBr)C1C2C3C(Br)[C@@H]1C[C@H]32. The van der Waals surface area contributed by atoms with Gasteiger partial charge in [0.25, 0.3) is 0 Å². The Morgan fingerprint density at radius 1 is 1.23 bits per heavy atom. The molecule has 4 saturated carbocycles. The molecule has 0 amide bonds. The molecule has 0 heterocycles. The first kappa shape index (κ1) is 9.16. The van der Waals surface area contributed by atoms with E-state index in [0.717, 1.165) is 12.3 Å². The predicted octanol–water partition coefficient (Wildman–Crippen LogP) is 1.78. The van der Waals surface area contributed by atoms with Gasteiger partial charge in [0, 0.05) is 4.83 Å². The van der Waals surface area contributed by atoms with Crippen molar-refractivity contribution < 1.29 is 8.42 Å². The first-order valence-electron chi connectivity index (χ1n) is 4.49. The van der Waals surface area contributed by atoms with Crippen LogP contribution in [0.3, 0.4) is 0 Å². The fourth-order valence-corrected chi connectivity index (χ4v) is 7.79. The summed E-state index contributed by atoms with van der Waals surface area (Å²) in [6.07, 6.45) is 1.14. The molecule has 4 rings (SSSR count). The molecule has 0 aromatic rings. The van der Waals surface area contributed by atoms with Gasteiger partial charge in [-0.2, -0.15) is 0 Å². The van der Waals surface area contributed by atoms with E-state index in [2.05, 4.69) is 31.9 Å². The number of hydrogen-bond donors (Lipinski definition) is 0. The Labute approximate surface area is 94.6 Å². The summed E-state index contributed by atoms with van der Waals surface area (Å²) in [5.74, 6) is 2.32. The van der Waals surface area contributed by atoms with E-state index in [1.54, 1.807) is 0 Å². The average Bonchev–Trinajstić information content (AvgIpc) is 2.45. The first-order chi connectivity index (χ1) is 6.08. The highest BCUT2D eigenvalue weighted by atomic mass is 79.9. The number of halogens is 2. The van der Waals surface area contributed by atoms with Gasteiger partial charge in [-0.05, 0) is 30.1 Å². The summed E-state index contributed by atoms with van der Waals surface area (Å²) < 4.78 is 23.6.